The van der Waals surface area contributed by atoms with E-state index in [4.69, 9.17) is 5.73 Å². The van der Waals surface area contributed by atoms with Gasteiger partial charge in [0.25, 0.3) is 0 Å². The Hall–Kier alpha value is -2.93. The molecule has 6 nitrogen and oxygen atoms in total. The number of benzene rings is 1. The topological polar surface area (TPSA) is 81.2 Å². The van der Waals surface area contributed by atoms with E-state index in [1.165, 1.54) is 4.88 Å². The number of nitrogens with two attached hydrogens (primary N) is 1. The predicted molar refractivity (Wildman–Crippen MR) is 122 cm³/mol. The quantitative estimate of drug-likeness (QED) is 0.614. The summed E-state index contributed by atoms with van der Waals surface area (Å²) in [5, 5.41) is 6.31. The number of piperidine rings is 1. The van der Waals surface area contributed by atoms with E-state index in [0.717, 1.165) is 23.2 Å². The predicted octanol–water partition coefficient (Wildman–Crippen LogP) is 3.65. The zero-order chi connectivity index (χ0) is 21.8. The van der Waals surface area contributed by atoms with Gasteiger partial charge in [-0.15, -0.1) is 11.3 Å². The van der Waals surface area contributed by atoms with Gasteiger partial charge >= 0.3 is 0 Å². The van der Waals surface area contributed by atoms with Crippen molar-refractivity contribution >= 4 is 23.2 Å². The van der Waals surface area contributed by atoms with Crippen LogP contribution in [0.15, 0.2) is 54.0 Å². The molecule has 1 saturated heterocycles. The molecule has 0 spiro atoms. The summed E-state index contributed by atoms with van der Waals surface area (Å²) in [6, 6.07) is 14.2. The number of hydrogen-bond donors (Lipinski definition) is 1. The van der Waals surface area contributed by atoms with Crippen molar-refractivity contribution in [2.24, 2.45) is 11.1 Å². The van der Waals surface area contributed by atoms with Gasteiger partial charge < -0.3 is 10.6 Å². The Bertz CT molecular complexity index is 1060. The molecule has 0 aliphatic carbocycles. The molecule has 1 aliphatic rings. The Morgan fingerprint density at radius 1 is 1.19 bits per heavy atom. The lowest BCUT2D eigenvalue weighted by Crippen LogP contribution is -2.53. The van der Waals surface area contributed by atoms with Gasteiger partial charge in [-0.05, 0) is 54.8 Å². The highest BCUT2D eigenvalue weighted by Gasteiger charge is 2.42. The Morgan fingerprint density at radius 3 is 2.74 bits per heavy atom. The van der Waals surface area contributed by atoms with Gasteiger partial charge in [0.1, 0.15) is 0 Å². The highest BCUT2D eigenvalue weighted by Crippen LogP contribution is 2.37. The van der Waals surface area contributed by atoms with E-state index in [0.29, 0.717) is 38.9 Å². The number of amides is 2. The molecule has 0 unspecified atom stereocenters. The molecule has 0 radical (unpaired) electrons. The number of thiophene rings is 1. The van der Waals surface area contributed by atoms with Gasteiger partial charge in [0, 0.05) is 42.8 Å². The summed E-state index contributed by atoms with van der Waals surface area (Å²) in [6.45, 7) is 3.55. The lowest BCUT2D eigenvalue weighted by atomic mass is 9.73. The number of carbonyl (C=O) groups excluding carboxylic acids is 2. The van der Waals surface area contributed by atoms with Crippen molar-refractivity contribution in [3.8, 4) is 10.4 Å². The van der Waals surface area contributed by atoms with Crippen molar-refractivity contribution in [3.63, 3.8) is 0 Å². The van der Waals surface area contributed by atoms with Gasteiger partial charge in [0.15, 0.2) is 0 Å². The Labute approximate surface area is 186 Å². The molecular weight excluding hydrogens is 408 g/mol. The van der Waals surface area contributed by atoms with Crippen molar-refractivity contribution in [2.45, 2.75) is 39.2 Å². The van der Waals surface area contributed by atoms with Crippen LogP contribution in [0.5, 0.6) is 0 Å². The van der Waals surface area contributed by atoms with Crippen LogP contribution in [0.4, 0.5) is 0 Å². The molecule has 1 aliphatic heterocycles. The first-order chi connectivity index (χ1) is 15.0. The summed E-state index contributed by atoms with van der Waals surface area (Å²) in [4.78, 5) is 28.7. The molecule has 31 heavy (non-hydrogen) atoms. The number of aromatic nitrogens is 2. The van der Waals surface area contributed by atoms with Crippen molar-refractivity contribution in [2.75, 3.05) is 13.1 Å². The first-order valence-corrected chi connectivity index (χ1v) is 11.5. The van der Waals surface area contributed by atoms with Crippen LogP contribution < -0.4 is 5.73 Å². The fraction of sp³-hybridized carbons (Fsp3) is 0.375. The number of primary amides is 1. The Morgan fingerprint density at radius 2 is 2.03 bits per heavy atom. The van der Waals surface area contributed by atoms with E-state index in [2.05, 4.69) is 28.7 Å². The first kappa shape index (κ1) is 21.3. The number of carbonyl (C=O) groups is 2. The maximum Gasteiger partial charge on any atom is 0.225 e. The van der Waals surface area contributed by atoms with E-state index in [-0.39, 0.29) is 11.8 Å². The van der Waals surface area contributed by atoms with Crippen molar-refractivity contribution in [1.29, 1.82) is 0 Å². The molecule has 2 aromatic heterocycles. The minimum Gasteiger partial charge on any atom is -0.369 e. The largest absolute Gasteiger partial charge is 0.369 e. The highest BCUT2D eigenvalue weighted by atomic mass is 32.1. The minimum absolute atomic E-state index is 0.0479. The van der Waals surface area contributed by atoms with E-state index < -0.39 is 5.41 Å². The summed E-state index contributed by atoms with van der Waals surface area (Å²) >= 11 is 1.68. The van der Waals surface area contributed by atoms with Gasteiger partial charge in [-0.1, -0.05) is 30.3 Å². The number of aryl methyl sites for hydroxylation is 2. The van der Waals surface area contributed by atoms with Crippen LogP contribution in [0.2, 0.25) is 0 Å². The summed E-state index contributed by atoms with van der Waals surface area (Å²) < 4.78 is 1.83. The second kappa shape index (κ2) is 9.06. The third kappa shape index (κ3) is 4.56. The third-order valence-corrected chi connectivity index (χ3v) is 7.15. The second-order valence-electron chi connectivity index (χ2n) is 8.32. The molecule has 0 bridgehead atoms. The number of nitrogens with zero attached hydrogens (tertiary/aromatic N) is 3. The van der Waals surface area contributed by atoms with E-state index >= 15 is 0 Å². The van der Waals surface area contributed by atoms with Crippen molar-refractivity contribution in [3.05, 3.63) is 65.3 Å². The van der Waals surface area contributed by atoms with E-state index in [1.807, 2.05) is 40.8 Å². The molecule has 2 amide bonds. The molecule has 1 fully saturated rings. The van der Waals surface area contributed by atoms with Crippen LogP contribution in [-0.2, 0) is 22.6 Å². The zero-order valence-corrected chi connectivity index (χ0v) is 18.6. The normalized spacial score (nSPS) is 18.8. The summed E-state index contributed by atoms with van der Waals surface area (Å²) in [5.74, 6) is -0.277. The molecule has 162 valence electrons. The highest BCUT2D eigenvalue weighted by molar-refractivity contribution is 7.13. The fourth-order valence-corrected chi connectivity index (χ4v) is 5.27. The lowest BCUT2D eigenvalue weighted by Gasteiger charge is -2.41. The zero-order valence-electron chi connectivity index (χ0n) is 17.8. The maximum atomic E-state index is 13.0. The molecule has 0 saturated carbocycles. The number of likely N-dealkylation sites (tertiary alicyclic amines) is 1. The minimum atomic E-state index is -0.747. The fourth-order valence-electron chi connectivity index (χ4n) is 4.48. The van der Waals surface area contributed by atoms with Crippen LogP contribution in [0.25, 0.3) is 10.4 Å². The van der Waals surface area contributed by atoms with Crippen LogP contribution in [-0.4, -0.2) is 39.6 Å². The summed E-state index contributed by atoms with van der Waals surface area (Å²) in [5.41, 5.74) is 8.48. The van der Waals surface area contributed by atoms with Crippen LogP contribution in [0, 0.1) is 12.3 Å². The SMILES string of the molecule is Cc1ccnn1CCC(=O)N1CCC[C@](Cc2ccccc2-c2cccs2)(C(N)=O)C1. The van der Waals surface area contributed by atoms with Gasteiger partial charge in [0.05, 0.1) is 5.41 Å². The molecule has 7 heteroatoms. The smallest absolute Gasteiger partial charge is 0.225 e. The van der Waals surface area contributed by atoms with Gasteiger partial charge in [0.2, 0.25) is 11.8 Å². The van der Waals surface area contributed by atoms with Gasteiger partial charge in [-0.2, -0.15) is 5.10 Å². The Balaban J connectivity index is 1.52. The van der Waals surface area contributed by atoms with Crippen molar-refractivity contribution < 1.29 is 9.59 Å². The average molecular weight is 437 g/mol. The van der Waals surface area contributed by atoms with Crippen LogP contribution in [0.1, 0.15) is 30.5 Å². The maximum absolute atomic E-state index is 13.0. The monoisotopic (exact) mass is 436 g/mol. The van der Waals surface area contributed by atoms with E-state index in [1.54, 1.807) is 17.5 Å². The Kier molecular flexibility index (Phi) is 6.23. The van der Waals surface area contributed by atoms with Crippen LogP contribution >= 0.6 is 11.3 Å². The number of rotatable bonds is 7. The molecule has 1 atom stereocenters. The molecule has 2 N–H and O–H groups in total. The van der Waals surface area contributed by atoms with Gasteiger partial charge in [-0.3, -0.25) is 14.3 Å². The average Bonchev–Trinajstić information content (AvgIpc) is 3.44. The third-order valence-electron chi connectivity index (χ3n) is 6.25. The summed E-state index contributed by atoms with van der Waals surface area (Å²) in [6.07, 6.45) is 4.12. The standard InChI is InChI=1S/C24H28N4O2S/c1-18-9-12-26-28(18)14-10-22(29)27-13-5-11-24(17-27,23(25)30)16-19-6-2-3-7-20(19)21-8-4-15-31-21/h2-4,6-9,12,15H,5,10-11,13-14,16-17H2,1H3,(H2,25,30)/t24-/m1/s1. The molecule has 3 heterocycles. The second-order valence-corrected chi connectivity index (χ2v) is 9.27. The van der Waals surface area contributed by atoms with Crippen LogP contribution in [0.3, 0.4) is 0 Å². The summed E-state index contributed by atoms with van der Waals surface area (Å²) in [7, 11) is 0. The van der Waals surface area contributed by atoms with E-state index in [9.17, 15) is 9.59 Å². The first-order valence-electron chi connectivity index (χ1n) is 10.7. The lowest BCUT2D eigenvalue weighted by molar-refractivity contribution is -0.140. The molecule has 1 aromatic carbocycles. The van der Waals surface area contributed by atoms with Crippen molar-refractivity contribution in [1.82, 2.24) is 14.7 Å². The molecule has 3 aromatic rings. The molecule has 4 rings (SSSR count). The van der Waals surface area contributed by atoms with Gasteiger partial charge in [-0.25, -0.2) is 0 Å². The molecular formula is C24H28N4O2S. The number of hydrogen-bond acceptors (Lipinski definition) is 4.